The molecule has 168 valence electrons. The number of fused-ring (bicyclic) bond motifs is 1. The summed E-state index contributed by atoms with van der Waals surface area (Å²) in [5.74, 6) is -0.533. The Balaban J connectivity index is 1.28. The van der Waals surface area contributed by atoms with Crippen LogP contribution in [0, 0.1) is 6.92 Å². The van der Waals surface area contributed by atoms with Crippen molar-refractivity contribution >= 4 is 45.0 Å². The number of para-hydroxylation sites is 1. The van der Waals surface area contributed by atoms with E-state index in [1.807, 2.05) is 47.1 Å². The molecule has 0 aliphatic carbocycles. The highest BCUT2D eigenvalue weighted by atomic mass is 32.1. The summed E-state index contributed by atoms with van der Waals surface area (Å²) in [6, 6.07) is 11.5. The molecular weight excluding hydrogens is 428 g/mol. The Morgan fingerprint density at radius 1 is 1.12 bits per heavy atom. The van der Waals surface area contributed by atoms with Crippen molar-refractivity contribution in [3.05, 3.63) is 52.5 Å². The van der Waals surface area contributed by atoms with Crippen LogP contribution in [-0.4, -0.2) is 71.9 Å². The van der Waals surface area contributed by atoms with Crippen molar-refractivity contribution < 1.29 is 19.1 Å². The summed E-state index contributed by atoms with van der Waals surface area (Å²) in [6.07, 6.45) is 0. The number of H-pyrrole nitrogens is 1. The van der Waals surface area contributed by atoms with E-state index in [9.17, 15) is 14.4 Å². The number of piperazine rings is 1. The third kappa shape index (κ3) is 4.84. The fourth-order valence-corrected chi connectivity index (χ4v) is 4.77. The van der Waals surface area contributed by atoms with Gasteiger partial charge in [0.15, 0.2) is 0 Å². The molecule has 0 radical (unpaired) electrons. The average molecular weight is 455 g/mol. The molecule has 1 saturated heterocycles. The molecule has 0 unspecified atom stereocenters. The fourth-order valence-electron chi connectivity index (χ4n) is 3.79. The second-order valence-corrected chi connectivity index (χ2v) is 8.78. The van der Waals surface area contributed by atoms with E-state index in [0.717, 1.165) is 16.5 Å². The van der Waals surface area contributed by atoms with Crippen LogP contribution in [0.25, 0.3) is 10.9 Å². The van der Waals surface area contributed by atoms with Gasteiger partial charge in [0.25, 0.3) is 5.91 Å². The first kappa shape index (κ1) is 22.0. The van der Waals surface area contributed by atoms with E-state index in [1.165, 1.54) is 11.3 Å². The molecular formula is C23H26N4O4S. The van der Waals surface area contributed by atoms with Crippen molar-refractivity contribution in [3.8, 4) is 0 Å². The highest BCUT2D eigenvalue weighted by Gasteiger charge is 2.24. The summed E-state index contributed by atoms with van der Waals surface area (Å²) in [5.41, 5.74) is 2.32. The van der Waals surface area contributed by atoms with Crippen LogP contribution >= 0.6 is 11.3 Å². The van der Waals surface area contributed by atoms with Crippen molar-refractivity contribution in [1.29, 1.82) is 0 Å². The monoisotopic (exact) mass is 454 g/mol. The quantitative estimate of drug-likeness (QED) is 0.558. The summed E-state index contributed by atoms with van der Waals surface area (Å²) in [5, 5.41) is 4.51. The lowest BCUT2D eigenvalue weighted by Gasteiger charge is -2.34. The van der Waals surface area contributed by atoms with Crippen molar-refractivity contribution in [3.63, 3.8) is 0 Å². The Morgan fingerprint density at radius 2 is 1.88 bits per heavy atom. The van der Waals surface area contributed by atoms with Gasteiger partial charge in [0.05, 0.1) is 18.2 Å². The van der Waals surface area contributed by atoms with Crippen LogP contribution in [0.3, 0.4) is 0 Å². The summed E-state index contributed by atoms with van der Waals surface area (Å²) in [6.45, 7) is 6.50. The van der Waals surface area contributed by atoms with Gasteiger partial charge in [-0.05, 0) is 37.6 Å². The Morgan fingerprint density at radius 3 is 2.59 bits per heavy atom. The Bertz CT molecular complexity index is 1110. The zero-order valence-corrected chi connectivity index (χ0v) is 19.0. The van der Waals surface area contributed by atoms with Gasteiger partial charge in [-0.15, -0.1) is 11.3 Å². The van der Waals surface area contributed by atoms with Crippen LogP contribution in [0.15, 0.2) is 36.4 Å². The average Bonchev–Trinajstić information content (AvgIpc) is 3.37. The molecule has 0 atom stereocenters. The van der Waals surface area contributed by atoms with Gasteiger partial charge in [-0.2, -0.15) is 0 Å². The number of aryl methyl sites for hydroxylation is 1. The summed E-state index contributed by atoms with van der Waals surface area (Å²) in [4.78, 5) is 44.8. The minimum absolute atomic E-state index is 0.0224. The Kier molecular flexibility index (Phi) is 6.57. The van der Waals surface area contributed by atoms with Gasteiger partial charge >= 0.3 is 5.97 Å². The highest BCUT2D eigenvalue weighted by Crippen LogP contribution is 2.27. The first-order valence-corrected chi connectivity index (χ1v) is 11.4. The summed E-state index contributed by atoms with van der Waals surface area (Å²) in [7, 11) is 0. The van der Waals surface area contributed by atoms with E-state index >= 15 is 0 Å². The van der Waals surface area contributed by atoms with E-state index in [4.69, 9.17) is 4.74 Å². The van der Waals surface area contributed by atoms with Crippen molar-refractivity contribution in [2.45, 2.75) is 13.8 Å². The van der Waals surface area contributed by atoms with Gasteiger partial charge in [-0.1, -0.05) is 18.2 Å². The molecule has 2 amide bonds. The maximum absolute atomic E-state index is 12.8. The molecule has 1 aromatic carbocycles. The Hall–Kier alpha value is -3.17. The lowest BCUT2D eigenvalue weighted by Crippen LogP contribution is -2.50. The van der Waals surface area contributed by atoms with Crippen LogP contribution < -0.4 is 5.32 Å². The van der Waals surface area contributed by atoms with Crippen LogP contribution in [0.2, 0.25) is 0 Å². The molecule has 9 heteroatoms. The lowest BCUT2D eigenvalue weighted by atomic mass is 10.2. The first-order valence-electron chi connectivity index (χ1n) is 10.6. The number of hydrogen-bond donors (Lipinski definition) is 2. The predicted molar refractivity (Wildman–Crippen MR) is 124 cm³/mol. The number of aromatic amines is 1. The Labute approximate surface area is 190 Å². The number of anilines is 1. The van der Waals surface area contributed by atoms with Crippen LogP contribution in [0.1, 0.15) is 32.6 Å². The number of carbonyl (C=O) groups is 3. The van der Waals surface area contributed by atoms with Crippen LogP contribution in [-0.2, 0) is 9.53 Å². The summed E-state index contributed by atoms with van der Waals surface area (Å²) < 4.78 is 5.04. The number of nitrogens with one attached hydrogen (secondary N) is 2. The first-order chi connectivity index (χ1) is 15.4. The van der Waals surface area contributed by atoms with Gasteiger partial charge in [0.1, 0.15) is 10.6 Å². The number of ether oxygens (including phenoxy) is 1. The molecule has 8 nitrogen and oxygen atoms in total. The maximum Gasteiger partial charge on any atom is 0.348 e. The molecule has 2 aromatic heterocycles. The molecule has 1 aliphatic rings. The SMILES string of the molecule is CCOC(=O)c1sc(NC(=O)CN2CCN(C(=O)c3cc4ccccc4[nH]3)CC2)cc1C. The van der Waals surface area contributed by atoms with E-state index in [0.29, 0.717) is 48.4 Å². The predicted octanol–water partition coefficient (Wildman–Crippen LogP) is 3.11. The minimum atomic E-state index is -0.369. The van der Waals surface area contributed by atoms with Crippen molar-refractivity contribution in [2.75, 3.05) is 44.6 Å². The number of nitrogens with zero attached hydrogens (tertiary/aromatic N) is 2. The third-order valence-electron chi connectivity index (χ3n) is 5.43. The topological polar surface area (TPSA) is 94.7 Å². The maximum atomic E-state index is 12.8. The minimum Gasteiger partial charge on any atom is -0.462 e. The molecule has 1 aliphatic heterocycles. The second kappa shape index (κ2) is 9.54. The van der Waals surface area contributed by atoms with Gasteiger partial charge in [0, 0.05) is 37.1 Å². The number of benzene rings is 1. The summed E-state index contributed by atoms with van der Waals surface area (Å²) >= 11 is 1.22. The second-order valence-electron chi connectivity index (χ2n) is 7.73. The van der Waals surface area contributed by atoms with Crippen molar-refractivity contribution in [1.82, 2.24) is 14.8 Å². The van der Waals surface area contributed by atoms with Gasteiger partial charge in [-0.3, -0.25) is 14.5 Å². The third-order valence-corrected chi connectivity index (χ3v) is 6.56. The molecule has 0 saturated carbocycles. The highest BCUT2D eigenvalue weighted by molar-refractivity contribution is 7.18. The molecule has 2 N–H and O–H groups in total. The largest absolute Gasteiger partial charge is 0.462 e. The molecule has 3 aromatic rings. The number of thiophene rings is 1. The number of carbonyl (C=O) groups excluding carboxylic acids is 3. The smallest absolute Gasteiger partial charge is 0.348 e. The number of esters is 1. The molecule has 32 heavy (non-hydrogen) atoms. The molecule has 3 heterocycles. The van der Waals surface area contributed by atoms with E-state index in [-0.39, 0.29) is 24.3 Å². The van der Waals surface area contributed by atoms with Crippen LogP contribution in [0.4, 0.5) is 5.00 Å². The number of aromatic nitrogens is 1. The van der Waals surface area contributed by atoms with Crippen LogP contribution in [0.5, 0.6) is 0 Å². The zero-order chi connectivity index (χ0) is 22.7. The molecule has 0 bridgehead atoms. The standard InChI is InChI=1S/C23H26N4O4S/c1-3-31-23(30)21-15(2)12-20(32-21)25-19(28)14-26-8-10-27(11-9-26)22(29)18-13-16-6-4-5-7-17(16)24-18/h4-7,12-13,24H,3,8-11,14H2,1-2H3,(H,25,28). The number of hydrogen-bond acceptors (Lipinski definition) is 6. The van der Waals surface area contributed by atoms with Crippen molar-refractivity contribution in [2.24, 2.45) is 0 Å². The molecule has 0 spiro atoms. The lowest BCUT2D eigenvalue weighted by molar-refractivity contribution is -0.117. The van der Waals surface area contributed by atoms with E-state index in [2.05, 4.69) is 10.3 Å². The molecule has 1 fully saturated rings. The number of amides is 2. The van der Waals surface area contributed by atoms with E-state index < -0.39 is 0 Å². The molecule has 4 rings (SSSR count). The zero-order valence-electron chi connectivity index (χ0n) is 18.1. The number of rotatable bonds is 6. The normalized spacial score (nSPS) is 14.5. The van der Waals surface area contributed by atoms with E-state index in [1.54, 1.807) is 13.0 Å². The van der Waals surface area contributed by atoms with Gasteiger partial charge < -0.3 is 19.9 Å². The van der Waals surface area contributed by atoms with Gasteiger partial charge in [0.2, 0.25) is 5.91 Å². The fraction of sp³-hybridized carbons (Fsp3) is 0.348. The van der Waals surface area contributed by atoms with Gasteiger partial charge in [-0.25, -0.2) is 4.79 Å².